The Labute approximate surface area is 109 Å². The second-order valence-corrected chi connectivity index (χ2v) is 4.62. The molecule has 0 radical (unpaired) electrons. The van der Waals surface area contributed by atoms with Gasteiger partial charge in [-0.1, -0.05) is 17.7 Å². The van der Waals surface area contributed by atoms with E-state index in [1.54, 1.807) is 7.11 Å². The van der Waals surface area contributed by atoms with Gasteiger partial charge in [0.15, 0.2) is 5.96 Å². The zero-order chi connectivity index (χ0) is 13.0. The smallest absolute Gasteiger partial charge is 0.193 e. The van der Waals surface area contributed by atoms with Gasteiger partial charge < -0.3 is 15.0 Å². The molecule has 0 fully saturated rings. The van der Waals surface area contributed by atoms with Crippen molar-refractivity contribution < 1.29 is 4.74 Å². The van der Waals surface area contributed by atoms with Crippen LogP contribution in [0.3, 0.4) is 0 Å². The fourth-order valence-electron chi connectivity index (χ4n) is 2.14. The lowest BCUT2D eigenvalue weighted by molar-refractivity contribution is 0.409. The zero-order valence-electron chi connectivity index (χ0n) is 11.4. The fourth-order valence-corrected chi connectivity index (χ4v) is 2.14. The van der Waals surface area contributed by atoms with Crippen LogP contribution in [0.25, 0.3) is 0 Å². The molecule has 4 heteroatoms. The number of hydrogen-bond acceptors (Lipinski definition) is 4. The van der Waals surface area contributed by atoms with E-state index in [0.717, 1.165) is 37.8 Å². The Bertz CT molecular complexity index is 443. The van der Waals surface area contributed by atoms with Crippen LogP contribution < -0.4 is 10.1 Å². The Hall–Kier alpha value is -1.71. The second kappa shape index (κ2) is 5.76. The fraction of sp³-hybridized carbons (Fsp3) is 0.500. The van der Waals surface area contributed by atoms with E-state index in [0.29, 0.717) is 0 Å². The van der Waals surface area contributed by atoms with E-state index in [2.05, 4.69) is 41.3 Å². The summed E-state index contributed by atoms with van der Waals surface area (Å²) in [6, 6.07) is 6.29. The minimum atomic E-state index is 0.878. The number of aryl methyl sites for hydroxylation is 1. The predicted octanol–water partition coefficient (Wildman–Crippen LogP) is 1.44. The quantitative estimate of drug-likeness (QED) is 0.874. The van der Waals surface area contributed by atoms with Gasteiger partial charge in [-0.05, 0) is 25.0 Å². The van der Waals surface area contributed by atoms with Gasteiger partial charge in [0.05, 0.1) is 13.7 Å². The molecule has 0 saturated heterocycles. The molecule has 4 nitrogen and oxygen atoms in total. The molecular weight excluding hydrogens is 226 g/mol. The Kier molecular flexibility index (Phi) is 4.07. The number of hydrogen-bond donors (Lipinski definition) is 1. The van der Waals surface area contributed by atoms with Gasteiger partial charge in [-0.3, -0.25) is 4.99 Å². The first kappa shape index (κ1) is 12.7. The third kappa shape index (κ3) is 2.94. The van der Waals surface area contributed by atoms with Crippen LogP contribution in [-0.2, 0) is 6.42 Å². The van der Waals surface area contributed by atoms with Gasteiger partial charge in [-0.25, -0.2) is 0 Å². The van der Waals surface area contributed by atoms with Gasteiger partial charge in [-0.15, -0.1) is 0 Å². The van der Waals surface area contributed by atoms with Crippen LogP contribution in [0, 0.1) is 6.92 Å². The van der Waals surface area contributed by atoms with Gasteiger partial charge in [-0.2, -0.15) is 0 Å². The van der Waals surface area contributed by atoms with Gasteiger partial charge in [0.1, 0.15) is 5.75 Å². The first-order valence-corrected chi connectivity index (χ1v) is 6.33. The number of nitrogens with zero attached hydrogens (tertiary/aromatic N) is 2. The van der Waals surface area contributed by atoms with Gasteiger partial charge >= 0.3 is 0 Å². The van der Waals surface area contributed by atoms with Crippen molar-refractivity contribution in [3.63, 3.8) is 0 Å². The molecule has 1 N–H and O–H groups in total. The van der Waals surface area contributed by atoms with Crippen molar-refractivity contribution in [2.75, 3.05) is 33.8 Å². The second-order valence-electron chi connectivity index (χ2n) is 4.62. The summed E-state index contributed by atoms with van der Waals surface area (Å²) in [7, 11) is 3.78. The zero-order valence-corrected chi connectivity index (χ0v) is 11.4. The first-order chi connectivity index (χ1) is 8.70. The molecule has 0 atom stereocenters. The highest BCUT2D eigenvalue weighted by atomic mass is 16.5. The summed E-state index contributed by atoms with van der Waals surface area (Å²) in [5, 5.41) is 3.37. The summed E-state index contributed by atoms with van der Waals surface area (Å²) < 4.78 is 5.38. The predicted molar refractivity (Wildman–Crippen MR) is 74.4 cm³/mol. The van der Waals surface area contributed by atoms with Crippen LogP contribution in [0.5, 0.6) is 5.75 Å². The maximum Gasteiger partial charge on any atom is 0.193 e. The molecule has 2 rings (SSSR count). The van der Waals surface area contributed by atoms with Crippen LogP contribution in [-0.4, -0.2) is 44.7 Å². The summed E-state index contributed by atoms with van der Waals surface area (Å²) in [4.78, 5) is 6.55. The normalized spacial score (nSPS) is 14.6. The van der Waals surface area contributed by atoms with Gasteiger partial charge in [0.2, 0.25) is 0 Å². The molecule has 0 amide bonds. The van der Waals surface area contributed by atoms with Gasteiger partial charge in [0, 0.05) is 20.1 Å². The molecule has 0 spiro atoms. The number of nitrogens with one attached hydrogen (secondary N) is 1. The van der Waals surface area contributed by atoms with E-state index in [1.165, 1.54) is 11.1 Å². The minimum absolute atomic E-state index is 0.878. The minimum Gasteiger partial charge on any atom is -0.496 e. The van der Waals surface area contributed by atoms with Crippen LogP contribution >= 0.6 is 0 Å². The maximum absolute atomic E-state index is 5.38. The van der Waals surface area contributed by atoms with E-state index in [4.69, 9.17) is 4.74 Å². The number of aliphatic imine (C=N–C) groups is 1. The summed E-state index contributed by atoms with van der Waals surface area (Å²) in [6.07, 6.45) is 0.942. The monoisotopic (exact) mass is 247 g/mol. The third-order valence-corrected chi connectivity index (χ3v) is 3.17. The highest BCUT2D eigenvalue weighted by molar-refractivity contribution is 5.81. The SMILES string of the molecule is COc1ccc(C)cc1CCNC1=NCCN1C. The Balaban J connectivity index is 1.91. The average molecular weight is 247 g/mol. The van der Waals surface area contributed by atoms with Crippen LogP contribution in [0.2, 0.25) is 0 Å². The van der Waals surface area contributed by atoms with Crippen molar-refractivity contribution in [1.82, 2.24) is 10.2 Å². The lowest BCUT2D eigenvalue weighted by atomic mass is 10.1. The van der Waals surface area contributed by atoms with Crippen molar-refractivity contribution in [3.8, 4) is 5.75 Å². The maximum atomic E-state index is 5.38. The molecule has 0 aliphatic carbocycles. The van der Waals surface area contributed by atoms with Crippen LogP contribution in [0.4, 0.5) is 0 Å². The number of rotatable bonds is 4. The lowest BCUT2D eigenvalue weighted by Gasteiger charge is -2.16. The molecule has 98 valence electrons. The van der Waals surface area contributed by atoms with Crippen molar-refractivity contribution in [1.29, 1.82) is 0 Å². The topological polar surface area (TPSA) is 36.9 Å². The van der Waals surface area contributed by atoms with Crippen molar-refractivity contribution in [2.24, 2.45) is 4.99 Å². The molecule has 18 heavy (non-hydrogen) atoms. The first-order valence-electron chi connectivity index (χ1n) is 6.33. The summed E-state index contributed by atoms with van der Waals surface area (Å²) in [6.45, 7) is 4.89. The highest BCUT2D eigenvalue weighted by Crippen LogP contribution is 2.19. The van der Waals surface area contributed by atoms with E-state index >= 15 is 0 Å². The molecule has 0 aromatic heterocycles. The standard InChI is InChI=1S/C14H21N3O/c1-11-4-5-13(18-3)12(10-11)6-7-15-14-16-8-9-17(14)2/h4-5,10H,6-9H2,1-3H3,(H,15,16). The molecule has 1 aliphatic rings. The summed E-state index contributed by atoms with van der Waals surface area (Å²) in [5.41, 5.74) is 2.51. The van der Waals surface area contributed by atoms with Crippen LogP contribution in [0.1, 0.15) is 11.1 Å². The van der Waals surface area contributed by atoms with Crippen LogP contribution in [0.15, 0.2) is 23.2 Å². The molecule has 1 aliphatic heterocycles. The van der Waals surface area contributed by atoms with E-state index < -0.39 is 0 Å². The Morgan fingerprint density at radius 3 is 2.94 bits per heavy atom. The molecule has 0 saturated carbocycles. The van der Waals surface area contributed by atoms with E-state index in [9.17, 15) is 0 Å². The average Bonchev–Trinajstić information content (AvgIpc) is 2.76. The van der Waals surface area contributed by atoms with Crippen molar-refractivity contribution in [3.05, 3.63) is 29.3 Å². The van der Waals surface area contributed by atoms with Crippen molar-refractivity contribution >= 4 is 5.96 Å². The highest BCUT2D eigenvalue weighted by Gasteiger charge is 2.11. The van der Waals surface area contributed by atoms with E-state index in [1.807, 2.05) is 6.07 Å². The number of likely N-dealkylation sites (N-methyl/N-ethyl adjacent to an activating group) is 1. The number of methoxy groups -OCH3 is 1. The summed E-state index contributed by atoms with van der Waals surface area (Å²) in [5.74, 6) is 1.96. The lowest BCUT2D eigenvalue weighted by Crippen LogP contribution is -2.36. The Morgan fingerprint density at radius 2 is 2.28 bits per heavy atom. The molecular formula is C14H21N3O. The third-order valence-electron chi connectivity index (χ3n) is 3.17. The largest absolute Gasteiger partial charge is 0.496 e. The molecule has 0 bridgehead atoms. The number of guanidine groups is 1. The number of ether oxygens (including phenoxy) is 1. The molecule has 0 unspecified atom stereocenters. The number of benzene rings is 1. The summed E-state index contributed by atoms with van der Waals surface area (Å²) >= 11 is 0. The molecule has 1 aromatic carbocycles. The van der Waals surface area contributed by atoms with E-state index in [-0.39, 0.29) is 0 Å². The molecule has 1 aromatic rings. The molecule has 1 heterocycles. The Morgan fingerprint density at radius 1 is 1.44 bits per heavy atom. The van der Waals surface area contributed by atoms with Crippen molar-refractivity contribution in [2.45, 2.75) is 13.3 Å². The van der Waals surface area contributed by atoms with Gasteiger partial charge in [0.25, 0.3) is 0 Å².